The largest absolute Gasteiger partial charge is 0.349 e. The Morgan fingerprint density at radius 2 is 2.47 bits per heavy atom. The van der Waals surface area contributed by atoms with Gasteiger partial charge in [0.2, 0.25) is 5.95 Å². The van der Waals surface area contributed by atoms with Gasteiger partial charge < -0.3 is 11.1 Å². The van der Waals surface area contributed by atoms with Crippen LogP contribution in [0.1, 0.15) is 6.92 Å². The number of nitrogens with zero attached hydrogens (tertiary/aromatic N) is 3. The first-order chi connectivity index (χ1) is 7.20. The number of hydrogen-bond donors (Lipinski definition) is 2. The molecular weight excluding hydrogens is 258 g/mol. The Labute approximate surface area is 95.8 Å². The lowest BCUT2D eigenvalue weighted by atomic mass is 10.3. The second-order valence-electron chi connectivity index (χ2n) is 3.34. The number of nitrogens with two attached hydrogens (primary N) is 1. The molecule has 0 fully saturated rings. The van der Waals surface area contributed by atoms with Gasteiger partial charge in [0, 0.05) is 18.8 Å². The molecule has 2 aromatic heterocycles. The molecule has 0 radical (unpaired) electrons. The normalized spacial score (nSPS) is 13.0. The van der Waals surface area contributed by atoms with E-state index in [-0.39, 0.29) is 6.04 Å². The van der Waals surface area contributed by atoms with Crippen LogP contribution in [0.25, 0.3) is 5.65 Å². The average Bonchev–Trinajstić information content (AvgIpc) is 2.62. The molecule has 6 heteroatoms. The third-order valence-electron chi connectivity index (χ3n) is 2.04. The van der Waals surface area contributed by atoms with E-state index in [1.54, 1.807) is 4.52 Å². The van der Waals surface area contributed by atoms with Crippen molar-refractivity contribution in [2.45, 2.75) is 13.0 Å². The van der Waals surface area contributed by atoms with E-state index in [0.717, 1.165) is 10.1 Å². The van der Waals surface area contributed by atoms with E-state index in [1.807, 2.05) is 25.3 Å². The van der Waals surface area contributed by atoms with E-state index in [1.165, 1.54) is 0 Å². The van der Waals surface area contributed by atoms with Crippen molar-refractivity contribution in [2.75, 3.05) is 11.9 Å². The van der Waals surface area contributed by atoms with Crippen LogP contribution in [0.15, 0.2) is 22.8 Å². The summed E-state index contributed by atoms with van der Waals surface area (Å²) in [5, 5.41) is 7.39. The Kier molecular flexibility index (Phi) is 2.88. The van der Waals surface area contributed by atoms with Crippen molar-refractivity contribution in [3.63, 3.8) is 0 Å². The zero-order chi connectivity index (χ0) is 10.8. The molecule has 0 saturated heterocycles. The first kappa shape index (κ1) is 10.4. The Balaban J connectivity index is 2.35. The summed E-state index contributed by atoms with van der Waals surface area (Å²) < 4.78 is 2.64. The summed E-state index contributed by atoms with van der Waals surface area (Å²) in [5.74, 6) is 0.597. The molecule has 5 nitrogen and oxygen atoms in total. The molecule has 2 rings (SSSR count). The van der Waals surface area contributed by atoms with Crippen molar-refractivity contribution < 1.29 is 0 Å². The number of hydrogen-bond acceptors (Lipinski definition) is 4. The molecule has 0 bridgehead atoms. The van der Waals surface area contributed by atoms with Gasteiger partial charge in [-0.1, -0.05) is 0 Å². The molecule has 0 spiro atoms. The zero-order valence-corrected chi connectivity index (χ0v) is 9.90. The van der Waals surface area contributed by atoms with Gasteiger partial charge in [-0.2, -0.15) is 4.98 Å². The van der Waals surface area contributed by atoms with Gasteiger partial charge in [-0.05, 0) is 35.0 Å². The number of halogens is 1. The summed E-state index contributed by atoms with van der Waals surface area (Å²) in [6.07, 6.45) is 1.85. The lowest BCUT2D eigenvalue weighted by Gasteiger charge is -2.07. The highest BCUT2D eigenvalue weighted by Gasteiger charge is 2.07. The molecule has 15 heavy (non-hydrogen) atoms. The maximum Gasteiger partial charge on any atom is 0.243 e. The highest BCUT2D eigenvalue weighted by molar-refractivity contribution is 9.10. The molecule has 80 valence electrons. The molecule has 1 atom stereocenters. The molecule has 2 heterocycles. The van der Waals surface area contributed by atoms with Crippen LogP contribution >= 0.6 is 15.9 Å². The van der Waals surface area contributed by atoms with E-state index in [2.05, 4.69) is 31.3 Å². The van der Waals surface area contributed by atoms with Crippen molar-refractivity contribution in [3.05, 3.63) is 22.8 Å². The van der Waals surface area contributed by atoms with Gasteiger partial charge in [-0.25, -0.2) is 4.52 Å². The Bertz CT molecular complexity index is 466. The van der Waals surface area contributed by atoms with E-state index < -0.39 is 0 Å². The Hall–Kier alpha value is -1.14. The van der Waals surface area contributed by atoms with Gasteiger partial charge in [0.25, 0.3) is 0 Å². The van der Waals surface area contributed by atoms with Crippen LogP contribution in [-0.2, 0) is 0 Å². The predicted molar refractivity (Wildman–Crippen MR) is 62.8 cm³/mol. The van der Waals surface area contributed by atoms with Gasteiger partial charge in [0.05, 0.1) is 4.47 Å². The van der Waals surface area contributed by atoms with Crippen LogP contribution in [-0.4, -0.2) is 27.2 Å². The Morgan fingerprint density at radius 1 is 1.67 bits per heavy atom. The summed E-state index contributed by atoms with van der Waals surface area (Å²) in [4.78, 5) is 4.34. The molecule has 0 amide bonds. The van der Waals surface area contributed by atoms with Crippen LogP contribution < -0.4 is 11.1 Å². The highest BCUT2D eigenvalue weighted by Crippen LogP contribution is 2.16. The first-order valence-corrected chi connectivity index (χ1v) is 5.47. The molecule has 0 aliphatic carbocycles. The van der Waals surface area contributed by atoms with E-state index in [0.29, 0.717) is 12.5 Å². The minimum atomic E-state index is 0.168. The second kappa shape index (κ2) is 4.16. The Morgan fingerprint density at radius 3 is 3.13 bits per heavy atom. The smallest absolute Gasteiger partial charge is 0.243 e. The van der Waals surface area contributed by atoms with Gasteiger partial charge in [-0.3, -0.25) is 0 Å². The van der Waals surface area contributed by atoms with Crippen LogP contribution in [0, 0.1) is 0 Å². The first-order valence-electron chi connectivity index (χ1n) is 4.68. The molecule has 1 unspecified atom stereocenters. The van der Waals surface area contributed by atoms with Gasteiger partial charge >= 0.3 is 0 Å². The number of nitrogens with one attached hydrogen (secondary N) is 1. The summed E-state index contributed by atoms with van der Waals surface area (Å²) in [6.45, 7) is 2.54. The van der Waals surface area contributed by atoms with E-state index >= 15 is 0 Å². The number of aromatic nitrogens is 3. The van der Waals surface area contributed by atoms with Crippen molar-refractivity contribution in [2.24, 2.45) is 5.73 Å². The lowest BCUT2D eigenvalue weighted by molar-refractivity contribution is 0.788. The number of rotatable bonds is 3. The van der Waals surface area contributed by atoms with Crippen LogP contribution in [0.3, 0.4) is 0 Å². The van der Waals surface area contributed by atoms with Crippen LogP contribution in [0.5, 0.6) is 0 Å². The molecule has 2 aromatic rings. The summed E-state index contributed by atoms with van der Waals surface area (Å²) in [7, 11) is 0. The third-order valence-corrected chi connectivity index (χ3v) is 2.66. The maximum absolute atomic E-state index is 5.51. The lowest BCUT2D eigenvalue weighted by Crippen LogP contribution is -2.25. The second-order valence-corrected chi connectivity index (χ2v) is 4.20. The van der Waals surface area contributed by atoms with E-state index in [4.69, 9.17) is 5.73 Å². The van der Waals surface area contributed by atoms with Crippen molar-refractivity contribution in [1.29, 1.82) is 0 Å². The monoisotopic (exact) mass is 269 g/mol. The maximum atomic E-state index is 5.51. The van der Waals surface area contributed by atoms with Gasteiger partial charge in [0.1, 0.15) is 0 Å². The quantitative estimate of drug-likeness (QED) is 0.880. The fraction of sp³-hybridized carbons (Fsp3) is 0.333. The number of pyridine rings is 1. The summed E-state index contributed by atoms with van der Waals surface area (Å²) in [6, 6.07) is 4.00. The number of fused-ring (bicyclic) bond motifs is 1. The third kappa shape index (κ3) is 2.10. The predicted octanol–water partition coefficient (Wildman–Crippen LogP) is 1.25. The molecule has 0 aliphatic rings. The van der Waals surface area contributed by atoms with Gasteiger partial charge in [-0.15, -0.1) is 5.10 Å². The molecule has 0 aliphatic heterocycles. The molecule has 0 saturated carbocycles. The molecular formula is C9H12BrN5. The summed E-state index contributed by atoms with van der Waals surface area (Å²) >= 11 is 3.42. The number of anilines is 1. The van der Waals surface area contributed by atoms with Crippen LogP contribution in [0.2, 0.25) is 0 Å². The zero-order valence-electron chi connectivity index (χ0n) is 8.31. The SMILES string of the molecule is CC(CN)Nc1nc2c(Br)cccn2n1. The van der Waals surface area contributed by atoms with Crippen molar-refractivity contribution >= 4 is 27.5 Å². The topological polar surface area (TPSA) is 68.2 Å². The molecule has 0 aromatic carbocycles. The van der Waals surface area contributed by atoms with Crippen LogP contribution in [0.4, 0.5) is 5.95 Å². The van der Waals surface area contributed by atoms with Crippen molar-refractivity contribution in [1.82, 2.24) is 14.6 Å². The minimum absolute atomic E-state index is 0.168. The van der Waals surface area contributed by atoms with Crippen molar-refractivity contribution in [3.8, 4) is 0 Å². The van der Waals surface area contributed by atoms with Gasteiger partial charge in [0.15, 0.2) is 5.65 Å². The van der Waals surface area contributed by atoms with E-state index in [9.17, 15) is 0 Å². The fourth-order valence-corrected chi connectivity index (χ4v) is 1.64. The minimum Gasteiger partial charge on any atom is -0.349 e. The summed E-state index contributed by atoms with van der Waals surface area (Å²) in [5.41, 5.74) is 6.31. The standard InChI is InChI=1S/C9H12BrN5/c1-6(5-11)12-9-13-8-7(10)3-2-4-15(8)14-9/h2-4,6H,5,11H2,1H3,(H,12,14). The fourth-order valence-electron chi connectivity index (χ4n) is 1.21. The molecule has 3 N–H and O–H groups in total. The highest BCUT2D eigenvalue weighted by atomic mass is 79.9. The average molecular weight is 270 g/mol.